The summed E-state index contributed by atoms with van der Waals surface area (Å²) in [6.45, 7) is 5.92. The molecule has 0 aliphatic heterocycles. The van der Waals surface area contributed by atoms with Crippen LogP contribution in [0.2, 0.25) is 0 Å². The van der Waals surface area contributed by atoms with Crippen LogP contribution in [0.25, 0.3) is 11.1 Å². The Morgan fingerprint density at radius 1 is 1.00 bits per heavy atom. The molecule has 27 heavy (non-hydrogen) atoms. The molecule has 0 atom stereocenters. The summed E-state index contributed by atoms with van der Waals surface area (Å²) < 4.78 is 1.29. The van der Waals surface area contributed by atoms with Crippen LogP contribution in [-0.4, -0.2) is 14.9 Å². The van der Waals surface area contributed by atoms with Crippen molar-refractivity contribution in [3.8, 4) is 16.9 Å². The molecule has 3 aromatic rings. The van der Waals surface area contributed by atoms with Crippen molar-refractivity contribution in [2.24, 2.45) is 7.05 Å². The predicted molar refractivity (Wildman–Crippen MR) is 108 cm³/mol. The third-order valence-electron chi connectivity index (χ3n) is 3.92. The molecule has 0 aliphatic carbocycles. The third kappa shape index (κ3) is 5.85. The van der Waals surface area contributed by atoms with Gasteiger partial charge in [0.1, 0.15) is 5.69 Å². The van der Waals surface area contributed by atoms with Gasteiger partial charge >= 0.3 is 0 Å². The maximum Gasteiger partial charge on any atom is 0.278 e. The van der Waals surface area contributed by atoms with Gasteiger partial charge in [-0.1, -0.05) is 68.4 Å². The van der Waals surface area contributed by atoms with E-state index in [-0.39, 0.29) is 51.4 Å². The van der Waals surface area contributed by atoms with Crippen LogP contribution in [0, 0.1) is 14.4 Å². The van der Waals surface area contributed by atoms with E-state index >= 15 is 0 Å². The average Bonchev–Trinajstić information content (AvgIpc) is 2.64. The zero-order chi connectivity index (χ0) is 18.4. The van der Waals surface area contributed by atoms with E-state index in [4.69, 9.17) is 0 Å². The smallest absolute Gasteiger partial charge is 0.278 e. The summed E-state index contributed by atoms with van der Waals surface area (Å²) in [5.41, 5.74) is 3.22. The molecule has 1 aromatic heterocycles. The van der Waals surface area contributed by atoms with Crippen molar-refractivity contribution in [2.45, 2.75) is 27.2 Å². The Balaban J connectivity index is 0.00000164. The molecule has 2 aromatic carbocycles. The first kappa shape index (κ1) is 25.2. The van der Waals surface area contributed by atoms with E-state index in [0.717, 1.165) is 16.7 Å². The van der Waals surface area contributed by atoms with Crippen molar-refractivity contribution in [1.29, 1.82) is 0 Å². The maximum absolute atomic E-state index is 12.5. The fraction of sp³-hybridized carbons (Fsp3) is 0.227. The first-order chi connectivity index (χ1) is 12.1. The molecule has 3 rings (SSSR count). The molecule has 0 fully saturated rings. The van der Waals surface area contributed by atoms with Crippen molar-refractivity contribution >= 4 is 0 Å². The maximum atomic E-state index is 12.5. The minimum Gasteiger partial charge on any atom is -0.505 e. The van der Waals surface area contributed by atoms with Gasteiger partial charge < -0.3 is 12.5 Å². The van der Waals surface area contributed by atoms with Crippen molar-refractivity contribution in [2.75, 3.05) is 0 Å². The molecule has 4 nitrogen and oxygen atoms in total. The minimum atomic E-state index is -0.298. The molecule has 0 saturated carbocycles. The topological polar surface area (TPSA) is 55.1 Å². The standard InChI is InChI=1S/C19H18N2O2.C2H6.CH3.Y/c1-13-8-6-7-11-15(13)17-18(22)16(20-21(2)19(17)23)12-14-9-4-3-5-10-14;1-2;;/h3-11,22H,12H2,1-2H3;1-2H3;1H3;/q;;-1;. The Hall–Kier alpha value is -1.78. The number of aromatic nitrogens is 2. The largest absolute Gasteiger partial charge is 0.505 e. The van der Waals surface area contributed by atoms with E-state index in [2.05, 4.69) is 5.10 Å². The van der Waals surface area contributed by atoms with Gasteiger partial charge in [0.15, 0.2) is 5.75 Å². The minimum absolute atomic E-state index is 0. The molecule has 0 bridgehead atoms. The van der Waals surface area contributed by atoms with Crippen LogP contribution < -0.4 is 5.56 Å². The number of aromatic hydroxyl groups is 1. The van der Waals surface area contributed by atoms with Crippen LogP contribution in [0.1, 0.15) is 30.7 Å². The first-order valence-corrected chi connectivity index (χ1v) is 8.47. The van der Waals surface area contributed by atoms with Gasteiger partial charge in [0.25, 0.3) is 5.56 Å². The molecule has 0 amide bonds. The summed E-state index contributed by atoms with van der Waals surface area (Å²) in [6, 6.07) is 17.3. The molecule has 1 N–H and O–H groups in total. The predicted octanol–water partition coefficient (Wildman–Crippen LogP) is 4.53. The zero-order valence-electron chi connectivity index (χ0n) is 16.7. The van der Waals surface area contributed by atoms with E-state index in [1.54, 1.807) is 7.05 Å². The summed E-state index contributed by atoms with van der Waals surface area (Å²) in [5.74, 6) is -0.0359. The van der Waals surface area contributed by atoms with Crippen molar-refractivity contribution < 1.29 is 37.8 Å². The summed E-state index contributed by atoms with van der Waals surface area (Å²) in [7, 11) is 1.61. The molecule has 0 saturated heterocycles. The number of hydrogen-bond donors (Lipinski definition) is 1. The van der Waals surface area contributed by atoms with Gasteiger partial charge in [0.05, 0.1) is 5.56 Å². The van der Waals surface area contributed by atoms with Gasteiger partial charge in [0.2, 0.25) is 0 Å². The number of aryl methyl sites for hydroxylation is 2. The molecule has 0 unspecified atom stereocenters. The zero-order valence-corrected chi connectivity index (χ0v) is 19.6. The van der Waals surface area contributed by atoms with Gasteiger partial charge in [-0.15, -0.1) is 0 Å². The summed E-state index contributed by atoms with van der Waals surface area (Å²) in [6.07, 6.45) is 0.472. The average molecular weight is 440 g/mol. The Morgan fingerprint density at radius 3 is 2.15 bits per heavy atom. The van der Waals surface area contributed by atoms with Crippen LogP contribution in [0.4, 0.5) is 0 Å². The van der Waals surface area contributed by atoms with Crippen LogP contribution in [-0.2, 0) is 46.2 Å². The monoisotopic (exact) mass is 440 g/mol. The molecule has 5 heteroatoms. The van der Waals surface area contributed by atoms with Gasteiger partial charge in [-0.05, 0) is 23.6 Å². The molecule has 0 spiro atoms. The van der Waals surface area contributed by atoms with Gasteiger partial charge in [0, 0.05) is 46.2 Å². The molecule has 141 valence electrons. The second-order valence-corrected chi connectivity index (χ2v) is 5.58. The van der Waals surface area contributed by atoms with E-state index < -0.39 is 0 Å². The van der Waals surface area contributed by atoms with Gasteiger partial charge in [-0.2, -0.15) is 5.10 Å². The van der Waals surface area contributed by atoms with Crippen LogP contribution in [0.15, 0.2) is 59.4 Å². The molecular weight excluding hydrogens is 413 g/mol. The molecular formula is C22H27N2O2Y-. The van der Waals surface area contributed by atoms with E-state index in [0.29, 0.717) is 17.7 Å². The Bertz CT molecular complexity index is 906. The number of hydrogen-bond acceptors (Lipinski definition) is 3. The van der Waals surface area contributed by atoms with Crippen molar-refractivity contribution in [3.63, 3.8) is 0 Å². The van der Waals surface area contributed by atoms with Gasteiger partial charge in [-0.25, -0.2) is 4.68 Å². The normalized spacial score (nSPS) is 9.33. The number of benzene rings is 2. The Labute approximate surface area is 187 Å². The van der Waals surface area contributed by atoms with Crippen LogP contribution >= 0.6 is 0 Å². The molecule has 1 heterocycles. The number of rotatable bonds is 3. The number of nitrogens with zero attached hydrogens (tertiary/aromatic N) is 2. The van der Waals surface area contributed by atoms with Gasteiger partial charge in [-0.3, -0.25) is 4.79 Å². The Morgan fingerprint density at radius 2 is 1.56 bits per heavy atom. The second kappa shape index (κ2) is 11.8. The summed E-state index contributed by atoms with van der Waals surface area (Å²) in [4.78, 5) is 12.5. The van der Waals surface area contributed by atoms with E-state index in [1.807, 2.05) is 75.4 Å². The summed E-state index contributed by atoms with van der Waals surface area (Å²) in [5, 5.41) is 14.9. The molecule has 0 aliphatic rings. The third-order valence-corrected chi connectivity index (χ3v) is 3.92. The fourth-order valence-electron chi connectivity index (χ4n) is 2.69. The SMILES string of the molecule is CC.Cc1ccccc1-c1c(O)c(Cc2ccccc2)nn(C)c1=O.[CH3-].[Y]. The quantitative estimate of drug-likeness (QED) is 0.609. The van der Waals surface area contributed by atoms with Crippen molar-refractivity contribution in [1.82, 2.24) is 9.78 Å². The van der Waals surface area contributed by atoms with E-state index in [9.17, 15) is 9.90 Å². The van der Waals surface area contributed by atoms with Crippen molar-refractivity contribution in [3.05, 3.63) is 89.2 Å². The van der Waals surface area contributed by atoms with Crippen LogP contribution in [0.3, 0.4) is 0 Å². The fourth-order valence-corrected chi connectivity index (χ4v) is 2.69. The Kier molecular flexibility index (Phi) is 11.1. The molecule has 1 radical (unpaired) electrons. The van der Waals surface area contributed by atoms with E-state index in [1.165, 1.54) is 4.68 Å². The van der Waals surface area contributed by atoms with Crippen LogP contribution in [0.5, 0.6) is 5.75 Å². The second-order valence-electron chi connectivity index (χ2n) is 5.58. The first-order valence-electron chi connectivity index (χ1n) is 8.47. The summed E-state index contributed by atoms with van der Waals surface area (Å²) >= 11 is 0.